The molecule has 0 aromatic heterocycles. The summed E-state index contributed by atoms with van der Waals surface area (Å²) in [5.41, 5.74) is 0. The molecule has 2 aliphatic rings. The molecule has 0 aromatic carbocycles. The highest BCUT2D eigenvalue weighted by atomic mass is 16.2. The Morgan fingerprint density at radius 3 is 2.50 bits per heavy atom. The van der Waals surface area contributed by atoms with Crippen molar-refractivity contribution in [1.82, 2.24) is 5.32 Å². The van der Waals surface area contributed by atoms with E-state index in [4.69, 9.17) is 0 Å². The van der Waals surface area contributed by atoms with Crippen molar-refractivity contribution in [3.8, 4) is 0 Å². The molecule has 2 rings (SSSR count). The molecule has 0 spiro atoms. The van der Waals surface area contributed by atoms with Crippen molar-refractivity contribution in [2.24, 2.45) is 17.8 Å². The summed E-state index contributed by atoms with van der Waals surface area (Å²) in [5, 5.41) is 3.22. The Morgan fingerprint density at radius 2 is 1.86 bits per heavy atom. The number of hydrogen-bond acceptors (Lipinski definition) is 1. The van der Waals surface area contributed by atoms with Gasteiger partial charge in [-0.15, -0.1) is 0 Å². The molecule has 0 heterocycles. The van der Waals surface area contributed by atoms with E-state index < -0.39 is 0 Å². The molecule has 0 bridgehead atoms. The third-order valence-electron chi connectivity index (χ3n) is 3.98. The molecule has 0 radical (unpaired) electrons. The fraction of sp³-hybridized carbons (Fsp3) is 0.917. The Labute approximate surface area is 86.5 Å². The zero-order chi connectivity index (χ0) is 10.1. The number of hydrogen-bond donors (Lipinski definition) is 1. The van der Waals surface area contributed by atoms with E-state index >= 15 is 0 Å². The van der Waals surface area contributed by atoms with E-state index in [1.807, 2.05) is 0 Å². The Balaban J connectivity index is 1.85. The maximum Gasteiger partial charge on any atom is 0.223 e. The van der Waals surface area contributed by atoms with Gasteiger partial charge in [0, 0.05) is 12.0 Å². The standard InChI is InChI=1S/C12H21NO/c1-8-4-3-5-11(9(8)2)13-12(14)10-6-7-10/h8-11H,3-7H2,1-2H3,(H,13,14). The van der Waals surface area contributed by atoms with E-state index in [2.05, 4.69) is 19.2 Å². The molecule has 0 aromatic rings. The quantitative estimate of drug-likeness (QED) is 0.720. The lowest BCUT2D eigenvalue weighted by Crippen LogP contribution is -2.44. The minimum Gasteiger partial charge on any atom is -0.353 e. The lowest BCUT2D eigenvalue weighted by atomic mass is 9.78. The van der Waals surface area contributed by atoms with Crippen LogP contribution in [0.15, 0.2) is 0 Å². The van der Waals surface area contributed by atoms with Gasteiger partial charge in [0.25, 0.3) is 0 Å². The van der Waals surface area contributed by atoms with Crippen LogP contribution in [0.25, 0.3) is 0 Å². The molecule has 2 aliphatic carbocycles. The minimum absolute atomic E-state index is 0.316. The summed E-state index contributed by atoms with van der Waals surface area (Å²) in [6.07, 6.45) is 6.02. The van der Waals surface area contributed by atoms with Crippen LogP contribution in [0, 0.1) is 17.8 Å². The first-order valence-corrected chi connectivity index (χ1v) is 5.99. The van der Waals surface area contributed by atoms with Gasteiger partial charge in [0.2, 0.25) is 5.91 Å². The van der Waals surface area contributed by atoms with Crippen molar-refractivity contribution in [1.29, 1.82) is 0 Å². The van der Waals surface area contributed by atoms with Crippen molar-refractivity contribution >= 4 is 5.91 Å². The highest BCUT2D eigenvalue weighted by Gasteiger charge is 2.34. The van der Waals surface area contributed by atoms with Crippen molar-refractivity contribution in [2.45, 2.75) is 52.0 Å². The molecule has 2 nitrogen and oxygen atoms in total. The van der Waals surface area contributed by atoms with Gasteiger partial charge >= 0.3 is 0 Å². The third kappa shape index (κ3) is 2.10. The van der Waals surface area contributed by atoms with Crippen LogP contribution in [0.3, 0.4) is 0 Å². The number of carbonyl (C=O) groups excluding carboxylic acids is 1. The zero-order valence-electron chi connectivity index (χ0n) is 9.25. The fourth-order valence-electron chi connectivity index (χ4n) is 2.43. The Hall–Kier alpha value is -0.530. The predicted octanol–water partition coefficient (Wildman–Crippen LogP) is 2.34. The highest BCUT2D eigenvalue weighted by Crippen LogP contribution is 2.32. The fourth-order valence-corrected chi connectivity index (χ4v) is 2.43. The molecule has 2 saturated carbocycles. The van der Waals surface area contributed by atoms with E-state index in [0.717, 1.165) is 18.8 Å². The predicted molar refractivity (Wildman–Crippen MR) is 56.8 cm³/mol. The second-order valence-electron chi connectivity index (χ2n) is 5.16. The average molecular weight is 195 g/mol. The van der Waals surface area contributed by atoms with E-state index in [0.29, 0.717) is 23.8 Å². The first-order valence-electron chi connectivity index (χ1n) is 5.99. The molecule has 3 unspecified atom stereocenters. The van der Waals surface area contributed by atoms with Crippen LogP contribution in [0.1, 0.15) is 46.0 Å². The number of carbonyl (C=O) groups is 1. The van der Waals surface area contributed by atoms with Crippen LogP contribution in [-0.2, 0) is 4.79 Å². The van der Waals surface area contributed by atoms with Crippen molar-refractivity contribution in [3.63, 3.8) is 0 Å². The Morgan fingerprint density at radius 1 is 1.14 bits per heavy atom. The van der Waals surface area contributed by atoms with Gasteiger partial charge in [-0.2, -0.15) is 0 Å². The summed E-state index contributed by atoms with van der Waals surface area (Å²) in [4.78, 5) is 11.6. The first kappa shape index (κ1) is 10.0. The molecule has 1 amide bonds. The van der Waals surface area contributed by atoms with Gasteiger partial charge in [-0.1, -0.05) is 26.7 Å². The summed E-state index contributed by atoms with van der Waals surface area (Å²) in [7, 11) is 0. The first-order chi connectivity index (χ1) is 6.68. The maximum atomic E-state index is 11.6. The second-order valence-corrected chi connectivity index (χ2v) is 5.16. The van der Waals surface area contributed by atoms with Gasteiger partial charge in [-0.25, -0.2) is 0 Å². The highest BCUT2D eigenvalue weighted by molar-refractivity contribution is 5.81. The summed E-state index contributed by atoms with van der Waals surface area (Å²) in [6, 6.07) is 0.451. The molecule has 0 aliphatic heterocycles. The summed E-state index contributed by atoms with van der Waals surface area (Å²) in [5.74, 6) is 2.11. The number of rotatable bonds is 2. The van der Waals surface area contributed by atoms with E-state index in [1.54, 1.807) is 0 Å². The van der Waals surface area contributed by atoms with E-state index in [1.165, 1.54) is 19.3 Å². The number of amides is 1. The molecule has 14 heavy (non-hydrogen) atoms. The molecule has 80 valence electrons. The molecule has 2 fully saturated rings. The molecule has 3 atom stereocenters. The van der Waals surface area contributed by atoms with Crippen LogP contribution in [0.2, 0.25) is 0 Å². The number of nitrogens with one attached hydrogen (secondary N) is 1. The van der Waals surface area contributed by atoms with Gasteiger partial charge in [0.1, 0.15) is 0 Å². The lowest BCUT2D eigenvalue weighted by molar-refractivity contribution is -0.123. The topological polar surface area (TPSA) is 29.1 Å². The molecular formula is C12H21NO. The van der Waals surface area contributed by atoms with Gasteiger partial charge in [0.05, 0.1) is 0 Å². The van der Waals surface area contributed by atoms with Gasteiger partial charge < -0.3 is 5.32 Å². The SMILES string of the molecule is CC1CCCC(NC(=O)C2CC2)C1C. The van der Waals surface area contributed by atoms with Crippen LogP contribution in [-0.4, -0.2) is 11.9 Å². The second kappa shape index (κ2) is 3.92. The summed E-state index contributed by atoms with van der Waals surface area (Å²) >= 11 is 0. The normalized spacial score (nSPS) is 38.0. The van der Waals surface area contributed by atoms with Gasteiger partial charge in [0.15, 0.2) is 0 Å². The molecule has 0 saturated heterocycles. The summed E-state index contributed by atoms with van der Waals surface area (Å²) < 4.78 is 0. The zero-order valence-corrected chi connectivity index (χ0v) is 9.25. The molecule has 2 heteroatoms. The average Bonchev–Trinajstić information content (AvgIpc) is 2.95. The van der Waals surface area contributed by atoms with Gasteiger partial charge in [-0.3, -0.25) is 4.79 Å². The van der Waals surface area contributed by atoms with Crippen LogP contribution < -0.4 is 5.32 Å². The van der Waals surface area contributed by atoms with Crippen LogP contribution >= 0.6 is 0 Å². The van der Waals surface area contributed by atoms with Crippen LogP contribution in [0.4, 0.5) is 0 Å². The largest absolute Gasteiger partial charge is 0.353 e. The van der Waals surface area contributed by atoms with E-state index in [9.17, 15) is 4.79 Å². The van der Waals surface area contributed by atoms with Crippen LogP contribution in [0.5, 0.6) is 0 Å². The van der Waals surface area contributed by atoms with Gasteiger partial charge in [-0.05, 0) is 31.1 Å². The molecule has 1 N–H and O–H groups in total. The Kier molecular flexibility index (Phi) is 2.80. The monoisotopic (exact) mass is 195 g/mol. The maximum absolute atomic E-state index is 11.6. The van der Waals surface area contributed by atoms with E-state index in [-0.39, 0.29) is 0 Å². The van der Waals surface area contributed by atoms with Crippen molar-refractivity contribution in [2.75, 3.05) is 0 Å². The molecular weight excluding hydrogens is 174 g/mol. The summed E-state index contributed by atoms with van der Waals surface area (Å²) in [6.45, 7) is 4.59. The Bertz CT molecular complexity index is 222. The third-order valence-corrected chi connectivity index (χ3v) is 3.98. The van der Waals surface area contributed by atoms with Crippen molar-refractivity contribution in [3.05, 3.63) is 0 Å². The minimum atomic E-state index is 0.316. The smallest absolute Gasteiger partial charge is 0.223 e. The van der Waals surface area contributed by atoms with Crippen molar-refractivity contribution < 1.29 is 4.79 Å². The lowest BCUT2D eigenvalue weighted by Gasteiger charge is -2.34.